The maximum absolute atomic E-state index is 12.9. The van der Waals surface area contributed by atoms with Gasteiger partial charge in [-0.1, -0.05) is 6.92 Å². The summed E-state index contributed by atoms with van der Waals surface area (Å²) >= 11 is 0. The fraction of sp³-hybridized carbons (Fsp3) is 0.500. The predicted octanol–water partition coefficient (Wildman–Crippen LogP) is 2.24. The molecule has 1 aliphatic heterocycles. The van der Waals surface area contributed by atoms with Gasteiger partial charge in [-0.15, -0.1) is 0 Å². The second kappa shape index (κ2) is 4.60. The zero-order chi connectivity index (χ0) is 11.5. The molecule has 0 aliphatic carbocycles. The van der Waals surface area contributed by atoms with Crippen molar-refractivity contribution in [2.24, 2.45) is 0 Å². The van der Waals surface area contributed by atoms with E-state index in [1.807, 2.05) is 4.90 Å². The number of pyridine rings is 1. The summed E-state index contributed by atoms with van der Waals surface area (Å²) in [6, 6.07) is 3.08. The Kier molecular flexibility index (Phi) is 3.17. The number of carbonyl (C=O) groups excluding carboxylic acids is 1. The van der Waals surface area contributed by atoms with Crippen LogP contribution in [0.15, 0.2) is 18.3 Å². The second-order valence-electron chi connectivity index (χ2n) is 4.07. The predicted molar refractivity (Wildman–Crippen MR) is 58.5 cm³/mol. The highest BCUT2D eigenvalue weighted by molar-refractivity contribution is 5.94. The summed E-state index contributed by atoms with van der Waals surface area (Å²) in [6.07, 6.45) is 4.38. The van der Waals surface area contributed by atoms with Gasteiger partial charge in [-0.3, -0.25) is 4.79 Å². The number of carbonyl (C=O) groups is 1. The van der Waals surface area contributed by atoms with Crippen LogP contribution in [0.5, 0.6) is 0 Å². The lowest BCUT2D eigenvalue weighted by molar-refractivity contribution is 0.0733. The molecule has 0 spiro atoms. The van der Waals surface area contributed by atoms with Crippen LogP contribution in [-0.2, 0) is 0 Å². The van der Waals surface area contributed by atoms with Crippen molar-refractivity contribution in [2.75, 3.05) is 6.54 Å². The standard InChI is InChI=1S/C12H15FN2O/c1-2-10-4-3-7-15(10)12(16)9-5-6-14-11(13)8-9/h5-6,8,10H,2-4,7H2,1H3. The number of rotatable bonds is 2. The molecule has 1 amide bonds. The number of hydrogen-bond acceptors (Lipinski definition) is 2. The fourth-order valence-electron chi connectivity index (χ4n) is 2.23. The number of amides is 1. The Labute approximate surface area is 94.3 Å². The van der Waals surface area contributed by atoms with Gasteiger partial charge in [0.2, 0.25) is 5.95 Å². The fourth-order valence-corrected chi connectivity index (χ4v) is 2.23. The number of halogens is 1. The molecule has 0 aromatic carbocycles. The zero-order valence-electron chi connectivity index (χ0n) is 9.32. The van der Waals surface area contributed by atoms with E-state index < -0.39 is 5.95 Å². The third-order valence-electron chi connectivity index (χ3n) is 3.08. The normalized spacial score (nSPS) is 20.1. The highest BCUT2D eigenvalue weighted by Crippen LogP contribution is 2.22. The van der Waals surface area contributed by atoms with Crippen molar-refractivity contribution in [3.8, 4) is 0 Å². The molecule has 0 radical (unpaired) electrons. The van der Waals surface area contributed by atoms with Crippen molar-refractivity contribution in [2.45, 2.75) is 32.2 Å². The minimum absolute atomic E-state index is 0.0781. The first-order chi connectivity index (χ1) is 7.72. The topological polar surface area (TPSA) is 33.2 Å². The Hall–Kier alpha value is -1.45. The molecule has 0 saturated carbocycles. The Bertz CT molecular complexity index is 394. The lowest BCUT2D eigenvalue weighted by Crippen LogP contribution is -2.35. The van der Waals surface area contributed by atoms with E-state index >= 15 is 0 Å². The van der Waals surface area contributed by atoms with E-state index in [0.29, 0.717) is 11.6 Å². The molecule has 1 fully saturated rings. The van der Waals surface area contributed by atoms with Gasteiger partial charge in [0, 0.05) is 30.4 Å². The maximum atomic E-state index is 12.9. The van der Waals surface area contributed by atoms with Crippen molar-refractivity contribution in [3.05, 3.63) is 29.8 Å². The van der Waals surface area contributed by atoms with E-state index in [-0.39, 0.29) is 5.91 Å². The van der Waals surface area contributed by atoms with E-state index in [1.165, 1.54) is 12.3 Å². The van der Waals surface area contributed by atoms with Crippen molar-refractivity contribution >= 4 is 5.91 Å². The first-order valence-corrected chi connectivity index (χ1v) is 5.65. The smallest absolute Gasteiger partial charge is 0.254 e. The van der Waals surface area contributed by atoms with E-state index in [2.05, 4.69) is 11.9 Å². The summed E-state index contributed by atoms with van der Waals surface area (Å²) in [6.45, 7) is 2.85. The Balaban J connectivity index is 2.18. The molecule has 1 atom stereocenters. The molecule has 16 heavy (non-hydrogen) atoms. The molecule has 1 aromatic heterocycles. The van der Waals surface area contributed by atoms with Crippen LogP contribution in [0.25, 0.3) is 0 Å². The van der Waals surface area contributed by atoms with Crippen molar-refractivity contribution in [1.29, 1.82) is 0 Å². The van der Waals surface area contributed by atoms with Crippen LogP contribution in [0.3, 0.4) is 0 Å². The average Bonchev–Trinajstić information content (AvgIpc) is 2.76. The number of hydrogen-bond donors (Lipinski definition) is 0. The number of nitrogens with zero attached hydrogens (tertiary/aromatic N) is 2. The van der Waals surface area contributed by atoms with Crippen LogP contribution in [-0.4, -0.2) is 28.4 Å². The molecule has 3 nitrogen and oxygen atoms in total. The largest absolute Gasteiger partial charge is 0.336 e. The molecule has 2 rings (SSSR count). The van der Waals surface area contributed by atoms with Crippen LogP contribution in [0.4, 0.5) is 4.39 Å². The summed E-state index contributed by atoms with van der Waals surface area (Å²) in [5, 5.41) is 0. The summed E-state index contributed by atoms with van der Waals surface area (Å²) < 4.78 is 12.9. The minimum atomic E-state index is -0.599. The van der Waals surface area contributed by atoms with Gasteiger partial charge in [0.1, 0.15) is 0 Å². The van der Waals surface area contributed by atoms with Gasteiger partial charge >= 0.3 is 0 Å². The van der Waals surface area contributed by atoms with Gasteiger partial charge in [0.25, 0.3) is 5.91 Å². The maximum Gasteiger partial charge on any atom is 0.254 e. The molecule has 86 valence electrons. The van der Waals surface area contributed by atoms with Crippen LogP contribution < -0.4 is 0 Å². The minimum Gasteiger partial charge on any atom is -0.336 e. The highest BCUT2D eigenvalue weighted by Gasteiger charge is 2.28. The van der Waals surface area contributed by atoms with Crippen molar-refractivity contribution in [1.82, 2.24) is 9.88 Å². The van der Waals surface area contributed by atoms with E-state index in [1.54, 1.807) is 6.07 Å². The Morgan fingerprint density at radius 3 is 3.19 bits per heavy atom. The van der Waals surface area contributed by atoms with Crippen molar-refractivity contribution < 1.29 is 9.18 Å². The third kappa shape index (κ3) is 2.05. The molecule has 1 unspecified atom stereocenters. The lowest BCUT2D eigenvalue weighted by Gasteiger charge is -2.23. The SMILES string of the molecule is CCC1CCCN1C(=O)c1ccnc(F)c1. The lowest BCUT2D eigenvalue weighted by atomic mass is 10.1. The molecule has 1 aliphatic rings. The Morgan fingerprint density at radius 2 is 2.50 bits per heavy atom. The number of aromatic nitrogens is 1. The second-order valence-corrected chi connectivity index (χ2v) is 4.07. The molecular weight excluding hydrogens is 207 g/mol. The monoisotopic (exact) mass is 222 g/mol. The van der Waals surface area contributed by atoms with E-state index in [9.17, 15) is 9.18 Å². The third-order valence-corrected chi connectivity index (χ3v) is 3.08. The molecule has 1 saturated heterocycles. The molecule has 0 bridgehead atoms. The van der Waals surface area contributed by atoms with Gasteiger partial charge in [-0.2, -0.15) is 4.39 Å². The molecule has 0 N–H and O–H groups in total. The highest BCUT2D eigenvalue weighted by atomic mass is 19.1. The van der Waals surface area contributed by atoms with Crippen LogP contribution in [0, 0.1) is 5.95 Å². The Morgan fingerprint density at radius 1 is 1.69 bits per heavy atom. The van der Waals surface area contributed by atoms with Crippen LogP contribution in [0.1, 0.15) is 36.5 Å². The summed E-state index contributed by atoms with van der Waals surface area (Å²) in [7, 11) is 0. The zero-order valence-corrected chi connectivity index (χ0v) is 9.32. The summed E-state index contributed by atoms with van der Waals surface area (Å²) in [5.41, 5.74) is 0.396. The van der Waals surface area contributed by atoms with E-state index in [0.717, 1.165) is 25.8 Å². The summed E-state index contributed by atoms with van der Waals surface area (Å²) in [4.78, 5) is 17.4. The quantitative estimate of drug-likeness (QED) is 0.719. The van der Waals surface area contributed by atoms with Gasteiger partial charge in [0.15, 0.2) is 0 Å². The average molecular weight is 222 g/mol. The van der Waals surface area contributed by atoms with Gasteiger partial charge in [0.05, 0.1) is 0 Å². The first-order valence-electron chi connectivity index (χ1n) is 5.65. The van der Waals surface area contributed by atoms with Gasteiger partial charge in [-0.05, 0) is 25.3 Å². The van der Waals surface area contributed by atoms with Gasteiger partial charge in [-0.25, -0.2) is 4.98 Å². The van der Waals surface area contributed by atoms with E-state index in [4.69, 9.17) is 0 Å². The number of likely N-dealkylation sites (tertiary alicyclic amines) is 1. The molecule has 1 aromatic rings. The van der Waals surface area contributed by atoms with Gasteiger partial charge < -0.3 is 4.90 Å². The molecular formula is C12H15FN2O. The molecule has 2 heterocycles. The molecule has 4 heteroatoms. The van der Waals surface area contributed by atoms with Crippen LogP contribution >= 0.6 is 0 Å². The van der Waals surface area contributed by atoms with Crippen molar-refractivity contribution in [3.63, 3.8) is 0 Å². The summed E-state index contributed by atoms with van der Waals surface area (Å²) in [5.74, 6) is -0.677. The van der Waals surface area contributed by atoms with Crippen LogP contribution in [0.2, 0.25) is 0 Å². The first kappa shape index (κ1) is 11.0.